The van der Waals surface area contributed by atoms with Crippen LogP contribution in [0, 0.1) is 6.92 Å². The van der Waals surface area contributed by atoms with E-state index in [1.54, 1.807) is 23.5 Å². The van der Waals surface area contributed by atoms with Gasteiger partial charge in [-0.25, -0.2) is 4.98 Å². The van der Waals surface area contributed by atoms with Crippen molar-refractivity contribution in [2.24, 2.45) is 0 Å². The Morgan fingerprint density at radius 1 is 1.14 bits per heavy atom. The molecule has 3 aromatic rings. The molecular weight excluding hydrogens is 282 g/mol. The predicted octanol–water partition coefficient (Wildman–Crippen LogP) is 3.14. The molecule has 1 heterocycles. The van der Waals surface area contributed by atoms with Gasteiger partial charge >= 0.3 is 0 Å². The maximum atomic E-state index is 10.7. The number of thiazole rings is 1. The number of hydrogen-bond donors (Lipinski definition) is 0. The summed E-state index contributed by atoms with van der Waals surface area (Å²) in [6.45, 7) is 2.05. The fraction of sp³-hybridized carbons (Fsp3) is 0.0588. The van der Waals surface area contributed by atoms with Crippen LogP contribution in [0.15, 0.2) is 42.5 Å². The van der Waals surface area contributed by atoms with Gasteiger partial charge in [-0.2, -0.15) is 0 Å². The van der Waals surface area contributed by atoms with Crippen molar-refractivity contribution in [2.75, 3.05) is 0 Å². The Labute approximate surface area is 126 Å². The van der Waals surface area contributed by atoms with Crippen molar-refractivity contribution in [1.82, 2.24) is 4.98 Å². The maximum absolute atomic E-state index is 10.7. The number of fused-ring (bicyclic) bond motifs is 1. The van der Waals surface area contributed by atoms with E-state index in [1.807, 2.05) is 19.1 Å². The molecule has 0 saturated carbocycles. The molecule has 0 unspecified atom stereocenters. The first-order valence-corrected chi connectivity index (χ1v) is 7.30. The fourth-order valence-electron chi connectivity index (χ4n) is 2.02. The highest BCUT2D eigenvalue weighted by Crippen LogP contribution is 2.24. The second-order valence-corrected chi connectivity index (χ2v) is 5.83. The molecule has 0 N–H and O–H groups in total. The highest BCUT2D eigenvalue weighted by atomic mass is 32.1. The lowest BCUT2D eigenvalue weighted by molar-refractivity contribution is -0.255. The molecule has 3 rings (SSSR count). The lowest BCUT2D eigenvalue weighted by Crippen LogP contribution is -2.21. The van der Waals surface area contributed by atoms with Crippen LogP contribution < -0.4 is 5.11 Å². The smallest absolute Gasteiger partial charge is 0.117 e. The zero-order chi connectivity index (χ0) is 14.8. The van der Waals surface area contributed by atoms with Crippen molar-refractivity contribution in [3.8, 4) is 0 Å². The number of aromatic nitrogens is 1. The number of carbonyl (C=O) groups is 1. The standard InChI is InChI=1S/C17H13NO2S/c1-11-2-8-15-14(10-11)18-16(21-15)9-5-12-3-6-13(7-4-12)17(19)20/h2-10H,1H3,(H,19,20)/p-1/b9-5+. The number of carboxylic acid groups (broad SMARTS) is 1. The van der Waals surface area contributed by atoms with Crippen LogP contribution in [0.25, 0.3) is 22.4 Å². The summed E-state index contributed by atoms with van der Waals surface area (Å²) in [5.41, 5.74) is 3.31. The fourth-order valence-corrected chi connectivity index (χ4v) is 2.88. The third kappa shape index (κ3) is 3.01. The molecule has 21 heavy (non-hydrogen) atoms. The van der Waals surface area contributed by atoms with Crippen LogP contribution in [0.3, 0.4) is 0 Å². The van der Waals surface area contributed by atoms with Gasteiger partial charge in [0.15, 0.2) is 0 Å². The molecular formula is C17H12NO2S-. The Balaban J connectivity index is 1.85. The SMILES string of the molecule is Cc1ccc2sc(/C=C/c3ccc(C(=O)[O-])cc3)nc2c1. The summed E-state index contributed by atoms with van der Waals surface area (Å²) in [5, 5.41) is 11.6. The van der Waals surface area contributed by atoms with Gasteiger partial charge in [0, 0.05) is 0 Å². The van der Waals surface area contributed by atoms with E-state index in [4.69, 9.17) is 0 Å². The van der Waals surface area contributed by atoms with Crippen LogP contribution in [-0.4, -0.2) is 11.0 Å². The normalized spacial score (nSPS) is 11.3. The second kappa shape index (κ2) is 5.50. The number of aromatic carboxylic acids is 1. The van der Waals surface area contributed by atoms with Crippen LogP contribution in [0.2, 0.25) is 0 Å². The molecule has 0 aliphatic rings. The van der Waals surface area contributed by atoms with Crippen LogP contribution >= 0.6 is 11.3 Å². The molecule has 0 aliphatic heterocycles. The largest absolute Gasteiger partial charge is 0.545 e. The van der Waals surface area contributed by atoms with Gasteiger partial charge < -0.3 is 9.90 Å². The van der Waals surface area contributed by atoms with Crippen molar-refractivity contribution in [3.05, 3.63) is 64.2 Å². The van der Waals surface area contributed by atoms with Gasteiger partial charge in [-0.1, -0.05) is 36.4 Å². The zero-order valence-corrected chi connectivity index (χ0v) is 12.2. The van der Waals surface area contributed by atoms with Crippen molar-refractivity contribution in [3.63, 3.8) is 0 Å². The Kier molecular flexibility index (Phi) is 3.54. The molecule has 1 aromatic heterocycles. The lowest BCUT2D eigenvalue weighted by atomic mass is 10.1. The van der Waals surface area contributed by atoms with Crippen LogP contribution in [0.1, 0.15) is 26.5 Å². The number of aryl methyl sites for hydroxylation is 1. The van der Waals surface area contributed by atoms with Gasteiger partial charge in [-0.05, 0) is 41.8 Å². The Bertz CT molecular complexity index is 832. The third-order valence-corrected chi connectivity index (χ3v) is 4.13. The Hall–Kier alpha value is -2.46. The van der Waals surface area contributed by atoms with E-state index < -0.39 is 5.97 Å². The molecule has 104 valence electrons. The summed E-state index contributed by atoms with van der Waals surface area (Å²) >= 11 is 1.63. The molecule has 2 aromatic carbocycles. The van der Waals surface area contributed by atoms with E-state index in [2.05, 4.69) is 23.2 Å². The van der Waals surface area contributed by atoms with E-state index in [9.17, 15) is 9.90 Å². The number of nitrogens with zero attached hydrogens (tertiary/aromatic N) is 1. The van der Waals surface area contributed by atoms with Gasteiger partial charge in [0.1, 0.15) is 5.01 Å². The minimum absolute atomic E-state index is 0.183. The molecule has 0 atom stereocenters. The van der Waals surface area contributed by atoms with E-state index in [1.165, 1.54) is 17.7 Å². The first-order valence-electron chi connectivity index (χ1n) is 6.48. The van der Waals surface area contributed by atoms with E-state index in [-0.39, 0.29) is 5.56 Å². The highest BCUT2D eigenvalue weighted by Gasteiger charge is 2.01. The van der Waals surface area contributed by atoms with Crippen molar-refractivity contribution in [2.45, 2.75) is 6.92 Å². The average molecular weight is 294 g/mol. The molecule has 0 spiro atoms. The molecule has 0 saturated heterocycles. The highest BCUT2D eigenvalue weighted by molar-refractivity contribution is 7.19. The second-order valence-electron chi connectivity index (χ2n) is 4.77. The van der Waals surface area contributed by atoms with Crippen LogP contribution in [-0.2, 0) is 0 Å². The van der Waals surface area contributed by atoms with Gasteiger partial charge in [0.25, 0.3) is 0 Å². The van der Waals surface area contributed by atoms with Crippen LogP contribution in [0.5, 0.6) is 0 Å². The molecule has 0 bridgehead atoms. The summed E-state index contributed by atoms with van der Waals surface area (Å²) in [4.78, 5) is 15.2. The van der Waals surface area contributed by atoms with Crippen molar-refractivity contribution >= 4 is 39.7 Å². The minimum Gasteiger partial charge on any atom is -0.545 e. The number of carbonyl (C=O) groups excluding carboxylic acids is 1. The quantitative estimate of drug-likeness (QED) is 0.745. The summed E-state index contributed by atoms with van der Waals surface area (Å²) < 4.78 is 1.16. The van der Waals surface area contributed by atoms with Gasteiger partial charge in [-0.15, -0.1) is 11.3 Å². The van der Waals surface area contributed by atoms with Gasteiger partial charge in [-0.3, -0.25) is 0 Å². The predicted molar refractivity (Wildman–Crippen MR) is 84.1 cm³/mol. The monoisotopic (exact) mass is 294 g/mol. The number of benzene rings is 2. The summed E-state index contributed by atoms with van der Waals surface area (Å²) in [6, 6.07) is 12.8. The number of hydrogen-bond acceptors (Lipinski definition) is 4. The molecule has 4 heteroatoms. The first kappa shape index (κ1) is 13.5. The average Bonchev–Trinajstić information content (AvgIpc) is 2.87. The Morgan fingerprint density at radius 2 is 1.90 bits per heavy atom. The molecule has 0 aliphatic carbocycles. The van der Waals surface area contributed by atoms with E-state index in [0.29, 0.717) is 0 Å². The molecule has 3 nitrogen and oxygen atoms in total. The van der Waals surface area contributed by atoms with Crippen LogP contribution in [0.4, 0.5) is 0 Å². The molecule has 0 fully saturated rings. The minimum atomic E-state index is -1.16. The van der Waals surface area contributed by atoms with Gasteiger partial charge in [0.2, 0.25) is 0 Å². The topological polar surface area (TPSA) is 53.0 Å². The summed E-state index contributed by atoms with van der Waals surface area (Å²) in [5.74, 6) is -1.16. The summed E-state index contributed by atoms with van der Waals surface area (Å²) in [7, 11) is 0. The zero-order valence-electron chi connectivity index (χ0n) is 11.4. The molecule has 0 radical (unpaired) electrons. The maximum Gasteiger partial charge on any atom is 0.117 e. The first-order chi connectivity index (χ1) is 10.1. The van der Waals surface area contributed by atoms with Crippen molar-refractivity contribution in [1.29, 1.82) is 0 Å². The summed E-state index contributed by atoms with van der Waals surface area (Å²) in [6.07, 6.45) is 3.86. The lowest BCUT2D eigenvalue weighted by Gasteiger charge is -2.01. The van der Waals surface area contributed by atoms with Gasteiger partial charge in [0.05, 0.1) is 16.2 Å². The third-order valence-electron chi connectivity index (χ3n) is 3.12. The van der Waals surface area contributed by atoms with E-state index in [0.717, 1.165) is 20.8 Å². The van der Waals surface area contributed by atoms with Crippen molar-refractivity contribution < 1.29 is 9.90 Å². The van der Waals surface area contributed by atoms with E-state index >= 15 is 0 Å². The number of rotatable bonds is 3. The molecule has 0 amide bonds. The Morgan fingerprint density at radius 3 is 2.62 bits per heavy atom. The number of carboxylic acids is 1.